The highest BCUT2D eigenvalue weighted by atomic mass is 35.5. The van der Waals surface area contributed by atoms with E-state index in [9.17, 15) is 9.50 Å². The molecule has 1 aromatic rings. The van der Waals surface area contributed by atoms with E-state index in [-0.39, 0.29) is 11.7 Å². The van der Waals surface area contributed by atoms with Crippen molar-refractivity contribution in [3.8, 4) is 0 Å². The first kappa shape index (κ1) is 8.97. The first-order chi connectivity index (χ1) is 6.18. The molecule has 0 spiro atoms. The Hall–Kier alpha value is -0.600. The lowest BCUT2D eigenvalue weighted by Crippen LogP contribution is -2.00. The molecule has 70 valence electrons. The number of halogens is 2. The van der Waals surface area contributed by atoms with Crippen LogP contribution >= 0.6 is 11.6 Å². The van der Waals surface area contributed by atoms with Crippen molar-refractivity contribution < 1.29 is 9.50 Å². The summed E-state index contributed by atoms with van der Waals surface area (Å²) in [7, 11) is 0. The molecular formula is C10H10ClFO. The van der Waals surface area contributed by atoms with E-state index in [4.69, 9.17) is 11.6 Å². The van der Waals surface area contributed by atoms with E-state index in [2.05, 4.69) is 0 Å². The number of aliphatic hydroxyl groups excluding tert-OH is 1. The molecule has 1 aliphatic carbocycles. The van der Waals surface area contributed by atoms with Crippen LogP contribution < -0.4 is 0 Å². The van der Waals surface area contributed by atoms with E-state index in [1.807, 2.05) is 0 Å². The minimum absolute atomic E-state index is 0.277. The molecule has 0 saturated heterocycles. The van der Waals surface area contributed by atoms with Crippen LogP contribution in [0.4, 0.5) is 4.39 Å². The second kappa shape index (κ2) is 3.28. The quantitative estimate of drug-likeness (QED) is 0.779. The van der Waals surface area contributed by atoms with E-state index < -0.39 is 6.10 Å². The van der Waals surface area contributed by atoms with Gasteiger partial charge in [-0.3, -0.25) is 0 Å². The fourth-order valence-electron chi connectivity index (χ4n) is 1.41. The normalized spacial score (nSPS) is 18.7. The predicted molar refractivity (Wildman–Crippen MR) is 49.1 cm³/mol. The van der Waals surface area contributed by atoms with Crippen LogP contribution in [-0.4, -0.2) is 5.11 Å². The molecule has 0 radical (unpaired) electrons. The summed E-state index contributed by atoms with van der Waals surface area (Å²) in [4.78, 5) is 0. The summed E-state index contributed by atoms with van der Waals surface area (Å²) in [6.07, 6.45) is 1.42. The third-order valence-corrected chi connectivity index (χ3v) is 2.69. The maximum Gasteiger partial charge on any atom is 0.123 e. The van der Waals surface area contributed by atoms with Gasteiger partial charge in [0, 0.05) is 10.6 Å². The topological polar surface area (TPSA) is 20.2 Å². The second-order valence-electron chi connectivity index (χ2n) is 3.45. The van der Waals surface area contributed by atoms with E-state index in [1.54, 1.807) is 0 Å². The summed E-state index contributed by atoms with van der Waals surface area (Å²) in [6.45, 7) is 0. The average molecular weight is 201 g/mol. The minimum Gasteiger partial charge on any atom is -0.388 e. The van der Waals surface area contributed by atoms with Gasteiger partial charge < -0.3 is 5.11 Å². The van der Waals surface area contributed by atoms with Gasteiger partial charge in [-0.05, 0) is 37.0 Å². The van der Waals surface area contributed by atoms with Gasteiger partial charge in [0.25, 0.3) is 0 Å². The summed E-state index contributed by atoms with van der Waals surface area (Å²) in [5, 5.41) is 10.2. The van der Waals surface area contributed by atoms with Gasteiger partial charge in [-0.25, -0.2) is 4.39 Å². The first-order valence-electron chi connectivity index (χ1n) is 4.31. The first-order valence-corrected chi connectivity index (χ1v) is 4.69. The largest absolute Gasteiger partial charge is 0.388 e. The maximum absolute atomic E-state index is 12.8. The zero-order valence-electron chi connectivity index (χ0n) is 7.00. The van der Waals surface area contributed by atoms with Crippen molar-refractivity contribution in [3.63, 3.8) is 0 Å². The Morgan fingerprint density at radius 2 is 2.15 bits per heavy atom. The van der Waals surface area contributed by atoms with Crippen molar-refractivity contribution in [2.75, 3.05) is 0 Å². The zero-order valence-corrected chi connectivity index (χ0v) is 7.76. The molecule has 1 fully saturated rings. The van der Waals surface area contributed by atoms with Gasteiger partial charge in [-0.1, -0.05) is 11.6 Å². The molecule has 2 rings (SSSR count). The molecule has 1 aromatic carbocycles. The minimum atomic E-state index is -0.594. The van der Waals surface area contributed by atoms with Crippen LogP contribution in [0.25, 0.3) is 0 Å². The molecule has 0 aliphatic heterocycles. The Morgan fingerprint density at radius 1 is 1.46 bits per heavy atom. The number of hydrogen-bond acceptors (Lipinski definition) is 1. The van der Waals surface area contributed by atoms with Crippen molar-refractivity contribution in [1.82, 2.24) is 0 Å². The van der Waals surface area contributed by atoms with E-state index in [1.165, 1.54) is 18.2 Å². The maximum atomic E-state index is 12.8. The molecule has 0 aromatic heterocycles. The van der Waals surface area contributed by atoms with Crippen LogP contribution in [-0.2, 0) is 0 Å². The van der Waals surface area contributed by atoms with Crippen LogP contribution in [0.2, 0.25) is 5.02 Å². The summed E-state index contributed by atoms with van der Waals surface area (Å²) in [6, 6.07) is 4.09. The van der Waals surface area contributed by atoms with Crippen LogP contribution in [0.5, 0.6) is 0 Å². The third-order valence-electron chi connectivity index (χ3n) is 2.35. The Morgan fingerprint density at radius 3 is 2.77 bits per heavy atom. The summed E-state index contributed by atoms with van der Waals surface area (Å²) in [5.41, 5.74) is 0.518. The molecule has 3 heteroatoms. The van der Waals surface area contributed by atoms with Crippen LogP contribution in [0, 0.1) is 11.7 Å². The predicted octanol–water partition coefficient (Wildman–Crippen LogP) is 2.92. The Bertz CT molecular complexity index is 323. The lowest BCUT2D eigenvalue weighted by atomic mass is 10.1. The molecule has 0 amide bonds. The fraction of sp³-hybridized carbons (Fsp3) is 0.400. The molecule has 1 N–H and O–H groups in total. The molecule has 1 unspecified atom stereocenters. The average Bonchev–Trinajstić information content (AvgIpc) is 2.91. The molecule has 13 heavy (non-hydrogen) atoms. The number of hydrogen-bond donors (Lipinski definition) is 1. The second-order valence-corrected chi connectivity index (χ2v) is 3.86. The standard InChI is InChI=1S/C10H10ClFO/c11-9-4-3-7(12)5-8(9)10(13)6-1-2-6/h3-6,10,13H,1-2H2. The van der Waals surface area contributed by atoms with Gasteiger partial charge in [0.1, 0.15) is 5.82 Å². The van der Waals surface area contributed by atoms with Crippen LogP contribution in [0.1, 0.15) is 24.5 Å². The molecule has 1 atom stereocenters. The smallest absolute Gasteiger partial charge is 0.123 e. The fourth-order valence-corrected chi connectivity index (χ4v) is 1.64. The van der Waals surface area contributed by atoms with Crippen molar-refractivity contribution in [3.05, 3.63) is 34.6 Å². The van der Waals surface area contributed by atoms with Gasteiger partial charge in [-0.15, -0.1) is 0 Å². The Balaban J connectivity index is 2.31. The van der Waals surface area contributed by atoms with Crippen molar-refractivity contribution in [2.24, 2.45) is 5.92 Å². The van der Waals surface area contributed by atoms with Gasteiger partial charge >= 0.3 is 0 Å². The summed E-state index contributed by atoms with van der Waals surface area (Å²) >= 11 is 5.84. The van der Waals surface area contributed by atoms with E-state index in [0.717, 1.165) is 12.8 Å². The monoisotopic (exact) mass is 200 g/mol. The van der Waals surface area contributed by atoms with Gasteiger partial charge in [-0.2, -0.15) is 0 Å². The van der Waals surface area contributed by atoms with Gasteiger partial charge in [0.2, 0.25) is 0 Å². The van der Waals surface area contributed by atoms with Crippen molar-refractivity contribution in [2.45, 2.75) is 18.9 Å². The Labute approximate surface area is 81.1 Å². The molecular weight excluding hydrogens is 191 g/mol. The SMILES string of the molecule is OC(c1cc(F)ccc1Cl)C1CC1. The Kier molecular flexibility index (Phi) is 2.26. The van der Waals surface area contributed by atoms with Crippen molar-refractivity contribution in [1.29, 1.82) is 0 Å². The highest BCUT2D eigenvalue weighted by Crippen LogP contribution is 2.42. The van der Waals surface area contributed by atoms with Gasteiger partial charge in [0.05, 0.1) is 6.10 Å². The molecule has 1 nitrogen and oxygen atoms in total. The highest BCUT2D eigenvalue weighted by Gasteiger charge is 2.31. The van der Waals surface area contributed by atoms with Crippen LogP contribution in [0.15, 0.2) is 18.2 Å². The van der Waals surface area contributed by atoms with Crippen molar-refractivity contribution >= 4 is 11.6 Å². The zero-order chi connectivity index (χ0) is 9.42. The number of aliphatic hydroxyl groups is 1. The van der Waals surface area contributed by atoms with Crippen LogP contribution in [0.3, 0.4) is 0 Å². The summed E-state index contributed by atoms with van der Waals surface area (Å²) in [5.74, 6) is -0.0709. The number of benzene rings is 1. The van der Waals surface area contributed by atoms with E-state index >= 15 is 0 Å². The lowest BCUT2D eigenvalue weighted by Gasteiger charge is -2.11. The third kappa shape index (κ3) is 1.84. The molecule has 0 heterocycles. The molecule has 1 saturated carbocycles. The van der Waals surface area contributed by atoms with Gasteiger partial charge in [0.15, 0.2) is 0 Å². The molecule has 1 aliphatic rings. The molecule has 0 bridgehead atoms. The lowest BCUT2D eigenvalue weighted by molar-refractivity contribution is 0.153. The highest BCUT2D eigenvalue weighted by molar-refractivity contribution is 6.31. The van der Waals surface area contributed by atoms with E-state index in [0.29, 0.717) is 10.6 Å². The number of rotatable bonds is 2. The summed E-state index contributed by atoms with van der Waals surface area (Å²) < 4.78 is 12.8.